The van der Waals surface area contributed by atoms with Crippen LogP contribution < -0.4 is 0 Å². The van der Waals surface area contributed by atoms with Gasteiger partial charge in [-0.15, -0.1) is 0 Å². The molecule has 7 rings (SSSR count). The van der Waals surface area contributed by atoms with E-state index in [2.05, 4.69) is 20.8 Å². The normalized spacial score (nSPS) is 52.4. The summed E-state index contributed by atoms with van der Waals surface area (Å²) in [7, 11) is 0. The topological polar surface area (TPSA) is 298 Å². The maximum Gasteiger partial charge on any atom is 0.187 e. The first-order chi connectivity index (χ1) is 29.4. The predicted molar refractivity (Wildman–Crippen MR) is 215 cm³/mol. The van der Waals surface area contributed by atoms with E-state index in [-0.39, 0.29) is 59.9 Å². The summed E-state index contributed by atoms with van der Waals surface area (Å²) in [5, 5.41) is 126. The molecule has 0 spiro atoms. The summed E-state index contributed by atoms with van der Waals surface area (Å²) in [6.07, 6.45) is -13.7. The minimum Gasteiger partial charge on any atom is -0.396 e. The molecule has 0 amide bonds. The zero-order chi connectivity index (χ0) is 45.0. The van der Waals surface area contributed by atoms with Crippen LogP contribution in [0.1, 0.15) is 91.9 Å². The quantitative estimate of drug-likeness (QED) is 0.0883. The van der Waals surface area contributed by atoms with E-state index in [1.165, 1.54) is 0 Å². The van der Waals surface area contributed by atoms with Crippen molar-refractivity contribution < 1.29 is 89.7 Å². The van der Waals surface area contributed by atoms with Crippen LogP contribution in [-0.4, -0.2) is 192 Å². The number of ether oxygens (including phenoxy) is 6. The van der Waals surface area contributed by atoms with E-state index in [1.54, 1.807) is 0 Å². The van der Waals surface area contributed by atoms with Gasteiger partial charge in [0.25, 0.3) is 0 Å². The zero-order valence-corrected chi connectivity index (χ0v) is 36.6. The van der Waals surface area contributed by atoms with Gasteiger partial charge in [-0.25, -0.2) is 0 Å². The molecular weight excluding hydrogens is 816 g/mol. The molecule has 18 nitrogen and oxygen atoms in total. The number of fused-ring (bicyclic) bond motifs is 5. The van der Waals surface area contributed by atoms with E-state index in [0.29, 0.717) is 49.9 Å². The summed E-state index contributed by atoms with van der Waals surface area (Å²) in [6.45, 7) is 7.31. The lowest BCUT2D eigenvalue weighted by atomic mass is 9.44. The summed E-state index contributed by atoms with van der Waals surface area (Å²) in [6, 6.07) is 0. The van der Waals surface area contributed by atoms with Crippen LogP contribution in [0.15, 0.2) is 0 Å². The molecule has 360 valence electrons. The average Bonchev–Trinajstić information content (AvgIpc) is 3.56. The first-order valence-electron chi connectivity index (χ1n) is 23.2. The van der Waals surface area contributed by atoms with E-state index in [4.69, 9.17) is 28.4 Å². The third kappa shape index (κ3) is 9.16. The van der Waals surface area contributed by atoms with Crippen LogP contribution in [0.25, 0.3) is 0 Å². The zero-order valence-electron chi connectivity index (χ0n) is 36.6. The summed E-state index contributed by atoms with van der Waals surface area (Å²) in [5.41, 5.74) is -0.213. The van der Waals surface area contributed by atoms with Crippen molar-refractivity contribution in [2.75, 3.05) is 26.4 Å². The molecule has 7 aliphatic rings. The van der Waals surface area contributed by atoms with E-state index < -0.39 is 105 Å². The van der Waals surface area contributed by atoms with E-state index in [0.717, 1.165) is 32.1 Å². The summed E-state index contributed by atoms with van der Waals surface area (Å²) < 4.78 is 35.9. The van der Waals surface area contributed by atoms with Crippen LogP contribution in [0, 0.1) is 52.3 Å². The first-order valence-corrected chi connectivity index (χ1v) is 23.2. The highest BCUT2D eigenvalue weighted by Gasteiger charge is 2.64. The molecule has 4 aliphatic carbocycles. The van der Waals surface area contributed by atoms with Crippen LogP contribution in [0.5, 0.6) is 0 Å². The van der Waals surface area contributed by atoms with Gasteiger partial charge >= 0.3 is 0 Å². The summed E-state index contributed by atoms with van der Waals surface area (Å²) in [4.78, 5) is 0. The molecule has 3 saturated heterocycles. The standard InChI is InChI=1S/C44H76O18/c1-19(15-45)5-8-26(48)20(2)31-28(59-40-36(54)32(50)27(49)18-57-40)14-25-23-7-6-21-13-22(9-11-43(21,3)24(23)10-12-44(25,31)4)58-41-38(56)35(53)39(30(17-47)61-41)62-42-37(55)34(52)33(51)29(16-46)60-42/h19-42,45-56H,5-18H2,1-4H3/t19-,20+,21-,22-,23+,24-,25-,26-,27+,28-,29+,30+,31-,32-,33+,34-,35+,36+,37+,38+,39-,40-,41+,42-,43-,44-/m0/s1. The molecule has 26 atom stereocenters. The van der Waals surface area contributed by atoms with E-state index in [1.807, 2.05) is 6.92 Å². The molecule has 0 aromatic heterocycles. The number of rotatable bonds is 14. The maximum atomic E-state index is 11.6. The molecule has 62 heavy (non-hydrogen) atoms. The Kier molecular flexibility index (Phi) is 15.8. The predicted octanol–water partition coefficient (Wildman–Crippen LogP) is -1.51. The molecule has 18 heteroatoms. The minimum absolute atomic E-state index is 0.0173. The Balaban J connectivity index is 1.02. The lowest BCUT2D eigenvalue weighted by molar-refractivity contribution is -0.364. The SMILES string of the molecule is C[C@H](CO)CC[C@H](O)[C@@H](C)[C@H]1[C@@H](O[C@@H]2OC[C@@H](O)[C@H](O)[C@H]2O)C[C@H]2[C@@H]3CC[C@H]4C[C@@H](O[C@@H]5O[C@H](CO)[C@H](O[C@@H]6O[C@H](CO)[C@@H](O)[C@H](O)[C@H]6O)[C@H](O)[C@H]5O)CC[C@]4(C)[C@H]3CC[C@]12C. The Morgan fingerprint density at radius 2 is 1.27 bits per heavy atom. The van der Waals surface area contributed by atoms with Gasteiger partial charge in [0.15, 0.2) is 18.9 Å². The molecule has 3 heterocycles. The second-order valence-corrected chi connectivity index (χ2v) is 20.7. The van der Waals surface area contributed by atoms with Crippen LogP contribution in [0.3, 0.4) is 0 Å². The van der Waals surface area contributed by atoms with Crippen molar-refractivity contribution in [3.63, 3.8) is 0 Å². The third-order valence-electron chi connectivity index (χ3n) is 17.2. The van der Waals surface area contributed by atoms with Gasteiger partial charge in [-0.3, -0.25) is 0 Å². The monoisotopic (exact) mass is 893 g/mol. The van der Waals surface area contributed by atoms with Crippen molar-refractivity contribution in [2.24, 2.45) is 52.3 Å². The molecule has 3 aliphatic heterocycles. The van der Waals surface area contributed by atoms with Crippen LogP contribution >= 0.6 is 0 Å². The molecule has 0 aromatic rings. The first kappa shape index (κ1) is 49.2. The average molecular weight is 893 g/mol. The van der Waals surface area contributed by atoms with Crippen LogP contribution in [0.4, 0.5) is 0 Å². The van der Waals surface area contributed by atoms with Crippen LogP contribution in [0.2, 0.25) is 0 Å². The van der Waals surface area contributed by atoms with Crippen molar-refractivity contribution in [1.29, 1.82) is 0 Å². The highest BCUT2D eigenvalue weighted by atomic mass is 16.7. The highest BCUT2D eigenvalue weighted by Crippen LogP contribution is 2.69. The number of aliphatic hydroxyl groups is 12. The van der Waals surface area contributed by atoms with Gasteiger partial charge in [0.2, 0.25) is 0 Å². The largest absolute Gasteiger partial charge is 0.396 e. The maximum absolute atomic E-state index is 11.6. The van der Waals surface area contributed by atoms with E-state index >= 15 is 0 Å². The Hall–Kier alpha value is -0.720. The second kappa shape index (κ2) is 19.9. The summed E-state index contributed by atoms with van der Waals surface area (Å²) in [5.74, 6) is 1.14. The highest BCUT2D eigenvalue weighted by molar-refractivity contribution is 5.13. The van der Waals surface area contributed by atoms with Gasteiger partial charge in [-0.1, -0.05) is 27.7 Å². The smallest absolute Gasteiger partial charge is 0.187 e. The molecule has 0 aromatic carbocycles. The van der Waals surface area contributed by atoms with Gasteiger partial charge in [0.05, 0.1) is 38.1 Å². The Morgan fingerprint density at radius 1 is 0.629 bits per heavy atom. The van der Waals surface area contributed by atoms with Gasteiger partial charge in [0.1, 0.15) is 67.1 Å². The molecule has 4 saturated carbocycles. The Morgan fingerprint density at radius 3 is 1.97 bits per heavy atom. The fourth-order valence-electron chi connectivity index (χ4n) is 13.4. The fourth-order valence-corrected chi connectivity index (χ4v) is 13.4. The fraction of sp³-hybridized carbons (Fsp3) is 1.00. The van der Waals surface area contributed by atoms with Gasteiger partial charge in [-0.2, -0.15) is 0 Å². The van der Waals surface area contributed by atoms with Crippen LogP contribution in [-0.2, 0) is 28.4 Å². The minimum atomic E-state index is -1.76. The molecule has 12 N–H and O–H groups in total. The second-order valence-electron chi connectivity index (χ2n) is 20.7. The van der Waals surface area contributed by atoms with E-state index in [9.17, 15) is 61.3 Å². The van der Waals surface area contributed by atoms with Gasteiger partial charge < -0.3 is 89.7 Å². The van der Waals surface area contributed by atoms with Crippen molar-refractivity contribution in [2.45, 2.75) is 196 Å². The third-order valence-corrected chi connectivity index (χ3v) is 17.2. The molecule has 0 radical (unpaired) electrons. The van der Waals surface area contributed by atoms with Gasteiger partial charge in [-0.05, 0) is 116 Å². The molecular formula is C44H76O18. The van der Waals surface area contributed by atoms with Crippen molar-refractivity contribution in [1.82, 2.24) is 0 Å². The number of aliphatic hydroxyl groups excluding tert-OH is 12. The molecule has 7 fully saturated rings. The lowest BCUT2D eigenvalue weighted by Gasteiger charge is -2.61. The van der Waals surface area contributed by atoms with Gasteiger partial charge in [0, 0.05) is 6.61 Å². The summed E-state index contributed by atoms with van der Waals surface area (Å²) >= 11 is 0. The Labute approximate surface area is 364 Å². The van der Waals surface area contributed by atoms with Crippen molar-refractivity contribution in [3.8, 4) is 0 Å². The van der Waals surface area contributed by atoms with Crippen molar-refractivity contribution in [3.05, 3.63) is 0 Å². The number of hydrogen-bond acceptors (Lipinski definition) is 18. The Bertz CT molecular complexity index is 1440. The van der Waals surface area contributed by atoms with Crippen molar-refractivity contribution >= 4 is 0 Å². The molecule has 0 bridgehead atoms. The lowest BCUT2D eigenvalue weighted by Crippen LogP contribution is -2.65. The molecule has 0 unspecified atom stereocenters. The number of hydrogen-bond donors (Lipinski definition) is 12.